The molecular formula is C14H15Cl2N3O4. The molecule has 0 saturated carbocycles. The van der Waals surface area contributed by atoms with Crippen molar-refractivity contribution in [2.75, 3.05) is 13.7 Å². The molecule has 1 amide bonds. The van der Waals surface area contributed by atoms with E-state index in [9.17, 15) is 9.59 Å². The van der Waals surface area contributed by atoms with Crippen LogP contribution in [0.4, 0.5) is 0 Å². The molecule has 0 aliphatic rings. The molecule has 1 aromatic heterocycles. The van der Waals surface area contributed by atoms with Crippen LogP contribution in [0.15, 0.2) is 27.4 Å². The number of benzene rings is 1. The molecular weight excluding hydrogens is 345 g/mol. The highest BCUT2D eigenvalue weighted by Crippen LogP contribution is 2.25. The van der Waals surface area contributed by atoms with Crippen molar-refractivity contribution >= 4 is 29.1 Å². The normalized spacial score (nSPS) is 10.7. The summed E-state index contributed by atoms with van der Waals surface area (Å²) in [6.45, 7) is 0.197. The van der Waals surface area contributed by atoms with Gasteiger partial charge in [0.1, 0.15) is 13.2 Å². The third-order valence-electron chi connectivity index (χ3n) is 2.96. The van der Waals surface area contributed by atoms with Gasteiger partial charge in [0.05, 0.1) is 10.0 Å². The van der Waals surface area contributed by atoms with E-state index in [0.29, 0.717) is 23.0 Å². The first-order valence-electron chi connectivity index (χ1n) is 6.76. The third-order valence-corrected chi connectivity index (χ3v) is 3.82. The smallest absolute Gasteiger partial charge is 0.390 e. The number of halogens is 2. The minimum absolute atomic E-state index is 0.0666. The van der Waals surface area contributed by atoms with Crippen molar-refractivity contribution in [2.24, 2.45) is 0 Å². The lowest BCUT2D eigenvalue weighted by Crippen LogP contribution is -2.32. The SMILES string of the molecule is COCc1nn(CC(=O)NCCc2cccc(Cl)c2Cl)c(=O)o1. The van der Waals surface area contributed by atoms with Crippen molar-refractivity contribution in [2.45, 2.75) is 19.6 Å². The van der Waals surface area contributed by atoms with Crippen LogP contribution in [-0.4, -0.2) is 29.3 Å². The van der Waals surface area contributed by atoms with E-state index in [1.807, 2.05) is 6.07 Å². The molecule has 0 saturated heterocycles. The molecule has 2 rings (SSSR count). The molecule has 0 aliphatic carbocycles. The minimum Gasteiger partial charge on any atom is -0.390 e. The third kappa shape index (κ3) is 4.82. The Morgan fingerprint density at radius 2 is 2.22 bits per heavy atom. The van der Waals surface area contributed by atoms with Gasteiger partial charge in [-0.25, -0.2) is 4.79 Å². The lowest BCUT2D eigenvalue weighted by Gasteiger charge is -2.07. The fraction of sp³-hybridized carbons (Fsp3) is 0.357. The van der Waals surface area contributed by atoms with E-state index in [1.165, 1.54) is 7.11 Å². The van der Waals surface area contributed by atoms with Gasteiger partial charge in [-0.3, -0.25) is 4.79 Å². The molecule has 0 aliphatic heterocycles. The van der Waals surface area contributed by atoms with Crippen LogP contribution in [0.3, 0.4) is 0 Å². The molecule has 1 heterocycles. The Hall–Kier alpha value is -1.83. The summed E-state index contributed by atoms with van der Waals surface area (Å²) in [6, 6.07) is 5.32. The summed E-state index contributed by atoms with van der Waals surface area (Å²) in [5.74, 6) is -0.941. The van der Waals surface area contributed by atoms with Crippen molar-refractivity contribution in [3.63, 3.8) is 0 Å². The topological polar surface area (TPSA) is 86.4 Å². The monoisotopic (exact) mass is 359 g/mol. The van der Waals surface area contributed by atoms with Gasteiger partial charge in [-0.2, -0.15) is 4.68 Å². The maximum absolute atomic E-state index is 11.8. The highest BCUT2D eigenvalue weighted by Gasteiger charge is 2.11. The van der Waals surface area contributed by atoms with Crippen molar-refractivity contribution in [3.8, 4) is 0 Å². The fourth-order valence-electron chi connectivity index (χ4n) is 1.90. The minimum atomic E-state index is -0.704. The zero-order valence-corrected chi connectivity index (χ0v) is 13.9. The standard InChI is InChI=1S/C14H15Cl2N3O4/c1-22-8-12-18-19(14(21)23-12)7-11(20)17-6-5-9-3-2-4-10(15)13(9)16/h2-4H,5-8H2,1H3,(H,17,20). The predicted octanol–water partition coefficient (Wildman–Crippen LogP) is 1.65. The molecule has 9 heteroatoms. The van der Waals surface area contributed by atoms with Crippen LogP contribution in [0.5, 0.6) is 0 Å². The number of aromatic nitrogens is 2. The summed E-state index contributed by atoms with van der Waals surface area (Å²) < 4.78 is 10.6. The van der Waals surface area contributed by atoms with Gasteiger partial charge in [0.2, 0.25) is 11.8 Å². The Bertz CT molecular complexity index is 742. The number of carbonyl (C=O) groups is 1. The number of ether oxygens (including phenoxy) is 1. The van der Waals surface area contributed by atoms with Gasteiger partial charge >= 0.3 is 5.76 Å². The van der Waals surface area contributed by atoms with E-state index in [1.54, 1.807) is 12.1 Å². The van der Waals surface area contributed by atoms with E-state index in [2.05, 4.69) is 10.4 Å². The van der Waals surface area contributed by atoms with Gasteiger partial charge in [0.15, 0.2) is 0 Å². The maximum Gasteiger partial charge on any atom is 0.437 e. The summed E-state index contributed by atoms with van der Waals surface area (Å²) in [7, 11) is 1.45. The molecule has 7 nitrogen and oxygen atoms in total. The second kappa shape index (κ2) is 8.14. The lowest BCUT2D eigenvalue weighted by atomic mass is 10.1. The molecule has 0 atom stereocenters. The molecule has 0 radical (unpaired) electrons. The van der Waals surface area contributed by atoms with Gasteiger partial charge in [0, 0.05) is 13.7 Å². The van der Waals surface area contributed by atoms with E-state index in [-0.39, 0.29) is 24.9 Å². The summed E-state index contributed by atoms with van der Waals surface area (Å²) >= 11 is 12.0. The zero-order valence-electron chi connectivity index (χ0n) is 12.3. The molecule has 0 unspecified atom stereocenters. The van der Waals surface area contributed by atoms with Crippen LogP contribution >= 0.6 is 23.2 Å². The van der Waals surface area contributed by atoms with Crippen LogP contribution in [0.1, 0.15) is 11.5 Å². The first kappa shape index (κ1) is 17.5. The average molecular weight is 360 g/mol. The van der Waals surface area contributed by atoms with Crippen LogP contribution in [-0.2, 0) is 29.1 Å². The van der Waals surface area contributed by atoms with E-state index in [4.69, 9.17) is 32.4 Å². The van der Waals surface area contributed by atoms with Gasteiger partial charge in [0.25, 0.3) is 0 Å². The second-order valence-electron chi connectivity index (χ2n) is 4.67. The Morgan fingerprint density at radius 1 is 1.43 bits per heavy atom. The average Bonchev–Trinajstić information content (AvgIpc) is 2.84. The number of nitrogens with one attached hydrogen (secondary N) is 1. The predicted molar refractivity (Wildman–Crippen MR) is 84.7 cm³/mol. The molecule has 1 N–H and O–H groups in total. The number of rotatable bonds is 7. The quantitative estimate of drug-likeness (QED) is 0.812. The van der Waals surface area contributed by atoms with E-state index >= 15 is 0 Å². The van der Waals surface area contributed by atoms with Gasteiger partial charge in [-0.15, -0.1) is 5.10 Å². The number of nitrogens with zero attached hydrogens (tertiary/aromatic N) is 2. The Balaban J connectivity index is 1.86. The van der Waals surface area contributed by atoms with Crippen molar-refractivity contribution < 1.29 is 13.9 Å². The molecule has 0 spiro atoms. The Labute approximate surface area is 142 Å². The first-order valence-corrected chi connectivity index (χ1v) is 7.52. The Kier molecular flexibility index (Phi) is 6.20. The number of hydrogen-bond donors (Lipinski definition) is 1. The largest absolute Gasteiger partial charge is 0.437 e. The maximum atomic E-state index is 11.8. The van der Waals surface area contributed by atoms with Gasteiger partial charge in [-0.1, -0.05) is 35.3 Å². The zero-order chi connectivity index (χ0) is 16.8. The summed E-state index contributed by atoms with van der Waals surface area (Å²) in [6.07, 6.45) is 0.522. The van der Waals surface area contributed by atoms with Crippen LogP contribution in [0, 0.1) is 0 Å². The van der Waals surface area contributed by atoms with Crippen molar-refractivity contribution in [3.05, 3.63) is 50.2 Å². The van der Waals surface area contributed by atoms with E-state index in [0.717, 1.165) is 10.2 Å². The highest BCUT2D eigenvalue weighted by atomic mass is 35.5. The Morgan fingerprint density at radius 3 is 2.96 bits per heavy atom. The second-order valence-corrected chi connectivity index (χ2v) is 5.45. The van der Waals surface area contributed by atoms with Crippen molar-refractivity contribution in [1.82, 2.24) is 15.1 Å². The van der Waals surface area contributed by atoms with Crippen LogP contribution < -0.4 is 11.1 Å². The number of carbonyl (C=O) groups excluding carboxylic acids is 1. The van der Waals surface area contributed by atoms with E-state index < -0.39 is 5.76 Å². The molecule has 23 heavy (non-hydrogen) atoms. The first-order chi connectivity index (χ1) is 11.0. The summed E-state index contributed by atoms with van der Waals surface area (Å²) in [4.78, 5) is 23.3. The summed E-state index contributed by atoms with van der Waals surface area (Å²) in [5.41, 5.74) is 0.834. The van der Waals surface area contributed by atoms with Crippen LogP contribution in [0.25, 0.3) is 0 Å². The fourth-order valence-corrected chi connectivity index (χ4v) is 2.32. The highest BCUT2D eigenvalue weighted by molar-refractivity contribution is 6.42. The number of methoxy groups -OCH3 is 1. The van der Waals surface area contributed by atoms with Gasteiger partial charge < -0.3 is 14.5 Å². The molecule has 0 bridgehead atoms. The number of hydrogen-bond acceptors (Lipinski definition) is 5. The van der Waals surface area contributed by atoms with Gasteiger partial charge in [-0.05, 0) is 18.1 Å². The molecule has 1 aromatic carbocycles. The summed E-state index contributed by atoms with van der Waals surface area (Å²) in [5, 5.41) is 7.47. The van der Waals surface area contributed by atoms with Crippen LogP contribution in [0.2, 0.25) is 10.0 Å². The molecule has 124 valence electrons. The number of amides is 1. The van der Waals surface area contributed by atoms with Crippen molar-refractivity contribution in [1.29, 1.82) is 0 Å². The molecule has 0 fully saturated rings. The lowest BCUT2D eigenvalue weighted by molar-refractivity contribution is -0.121. The molecule has 2 aromatic rings.